The monoisotopic (exact) mass is 467 g/mol. The molecule has 0 unspecified atom stereocenters. The molecule has 0 fully saturated rings. The first-order valence-electron chi connectivity index (χ1n) is 10.5. The fourth-order valence-electron chi connectivity index (χ4n) is 4.80. The molecule has 0 atom stereocenters. The van der Waals surface area contributed by atoms with Gasteiger partial charge in [-0.15, -0.1) is 0 Å². The number of nitrogens with zero attached hydrogens (tertiary/aromatic N) is 5. The molecule has 11 nitrogen and oxygen atoms in total. The maximum absolute atomic E-state index is 12.1. The second-order valence-corrected chi connectivity index (χ2v) is 7.99. The van der Waals surface area contributed by atoms with Crippen molar-refractivity contribution in [2.45, 2.75) is 46.0 Å². The SMILES string of the molecule is CCC1(CC)c2cc(C(=N/O)/C(C)=N/O)ccc2-c2c([N+](=O)[O-])cc(C(=N/O)/C(C)=N/O)cc21. The summed E-state index contributed by atoms with van der Waals surface area (Å²) in [6.07, 6.45) is 1.18. The number of nitro benzene ring substituents is 1. The molecule has 2 aromatic rings. The highest BCUT2D eigenvalue weighted by atomic mass is 16.6. The van der Waals surface area contributed by atoms with Crippen LogP contribution in [0.4, 0.5) is 5.69 Å². The lowest BCUT2D eigenvalue weighted by Gasteiger charge is -2.30. The average Bonchev–Trinajstić information content (AvgIpc) is 3.13. The summed E-state index contributed by atoms with van der Waals surface area (Å²) in [5.41, 5.74) is 2.57. The summed E-state index contributed by atoms with van der Waals surface area (Å²) in [5, 5.41) is 62.2. The van der Waals surface area contributed by atoms with E-state index in [2.05, 4.69) is 20.6 Å². The van der Waals surface area contributed by atoms with Crippen LogP contribution in [0.3, 0.4) is 0 Å². The Bertz CT molecular complexity index is 1270. The Balaban J connectivity index is 2.42. The van der Waals surface area contributed by atoms with E-state index in [1.807, 2.05) is 13.8 Å². The van der Waals surface area contributed by atoms with Gasteiger partial charge in [0.15, 0.2) is 0 Å². The predicted molar refractivity (Wildman–Crippen MR) is 126 cm³/mol. The summed E-state index contributed by atoms with van der Waals surface area (Å²) in [5.74, 6) is 0. The molecule has 4 N–H and O–H groups in total. The molecule has 11 heteroatoms. The summed E-state index contributed by atoms with van der Waals surface area (Å²) in [4.78, 5) is 11.6. The van der Waals surface area contributed by atoms with Gasteiger partial charge in [-0.1, -0.05) is 46.6 Å². The van der Waals surface area contributed by atoms with E-state index in [1.165, 1.54) is 19.9 Å². The first-order chi connectivity index (χ1) is 16.2. The zero-order valence-corrected chi connectivity index (χ0v) is 19.1. The van der Waals surface area contributed by atoms with Gasteiger partial charge in [-0.2, -0.15) is 0 Å². The zero-order chi connectivity index (χ0) is 25.2. The Morgan fingerprint density at radius 1 is 0.853 bits per heavy atom. The third-order valence-electron chi connectivity index (χ3n) is 6.57. The first kappa shape index (κ1) is 24.4. The Morgan fingerprint density at radius 3 is 1.85 bits per heavy atom. The van der Waals surface area contributed by atoms with Crippen LogP contribution in [0.1, 0.15) is 62.8 Å². The van der Waals surface area contributed by atoms with E-state index in [0.717, 1.165) is 5.56 Å². The minimum absolute atomic E-state index is 0.00397. The lowest BCUT2D eigenvalue weighted by Crippen LogP contribution is -2.25. The number of rotatable bonds is 7. The van der Waals surface area contributed by atoms with Crippen molar-refractivity contribution >= 4 is 28.5 Å². The van der Waals surface area contributed by atoms with Crippen LogP contribution in [0.5, 0.6) is 0 Å². The van der Waals surface area contributed by atoms with Crippen LogP contribution in [-0.2, 0) is 5.41 Å². The molecule has 0 saturated carbocycles. The number of hydrogen-bond acceptors (Lipinski definition) is 10. The third kappa shape index (κ3) is 3.54. The normalized spacial score (nSPS) is 15.8. The van der Waals surface area contributed by atoms with E-state index in [9.17, 15) is 25.7 Å². The molecule has 0 spiro atoms. The maximum atomic E-state index is 12.1. The zero-order valence-electron chi connectivity index (χ0n) is 19.1. The minimum Gasteiger partial charge on any atom is -0.411 e. The van der Waals surface area contributed by atoms with Crippen molar-refractivity contribution in [3.63, 3.8) is 0 Å². The predicted octanol–water partition coefficient (Wildman–Crippen LogP) is 4.74. The van der Waals surface area contributed by atoms with Gasteiger partial charge in [0, 0.05) is 22.6 Å². The van der Waals surface area contributed by atoms with Crippen molar-refractivity contribution in [1.29, 1.82) is 0 Å². The summed E-state index contributed by atoms with van der Waals surface area (Å²) in [7, 11) is 0. The average molecular weight is 467 g/mol. The molecule has 1 aliphatic rings. The lowest BCUT2D eigenvalue weighted by molar-refractivity contribution is -0.384. The summed E-state index contributed by atoms with van der Waals surface area (Å²) < 4.78 is 0. The largest absolute Gasteiger partial charge is 0.411 e. The van der Waals surface area contributed by atoms with Crippen LogP contribution < -0.4 is 0 Å². The van der Waals surface area contributed by atoms with Gasteiger partial charge in [-0.05, 0) is 55.5 Å². The molecule has 0 aliphatic heterocycles. The maximum Gasteiger partial charge on any atom is 0.278 e. The van der Waals surface area contributed by atoms with Crippen molar-refractivity contribution in [3.05, 3.63) is 62.7 Å². The Labute approximate surface area is 195 Å². The summed E-state index contributed by atoms with van der Waals surface area (Å²) in [6, 6.07) is 8.18. The van der Waals surface area contributed by atoms with Crippen molar-refractivity contribution in [2.75, 3.05) is 0 Å². The van der Waals surface area contributed by atoms with Crippen molar-refractivity contribution < 1.29 is 25.8 Å². The highest BCUT2D eigenvalue weighted by Crippen LogP contribution is 2.56. The Kier molecular flexibility index (Phi) is 6.66. The highest BCUT2D eigenvalue weighted by Gasteiger charge is 2.44. The van der Waals surface area contributed by atoms with Crippen molar-refractivity contribution in [2.24, 2.45) is 20.6 Å². The van der Waals surface area contributed by atoms with Crippen LogP contribution in [-0.4, -0.2) is 48.6 Å². The summed E-state index contributed by atoms with van der Waals surface area (Å²) >= 11 is 0. The van der Waals surface area contributed by atoms with Gasteiger partial charge in [0.25, 0.3) is 5.69 Å². The molecular weight excluding hydrogens is 442 g/mol. The lowest BCUT2D eigenvalue weighted by atomic mass is 9.73. The van der Waals surface area contributed by atoms with Gasteiger partial charge >= 0.3 is 0 Å². The van der Waals surface area contributed by atoms with E-state index >= 15 is 0 Å². The van der Waals surface area contributed by atoms with Gasteiger partial charge in [-0.3, -0.25) is 10.1 Å². The van der Waals surface area contributed by atoms with E-state index in [-0.39, 0.29) is 34.1 Å². The molecular formula is C23H25N5O6. The van der Waals surface area contributed by atoms with Crippen LogP contribution in [0.25, 0.3) is 11.1 Å². The van der Waals surface area contributed by atoms with Crippen LogP contribution in [0, 0.1) is 10.1 Å². The molecule has 0 heterocycles. The van der Waals surface area contributed by atoms with Crippen LogP contribution >= 0.6 is 0 Å². The summed E-state index contributed by atoms with van der Waals surface area (Å²) in [6.45, 7) is 6.84. The topological polar surface area (TPSA) is 174 Å². The fraction of sp³-hybridized carbons (Fsp3) is 0.304. The molecule has 2 aromatic carbocycles. The van der Waals surface area contributed by atoms with E-state index in [0.29, 0.717) is 35.1 Å². The van der Waals surface area contributed by atoms with Crippen LogP contribution in [0.15, 0.2) is 51.0 Å². The number of nitro groups is 1. The molecule has 0 saturated heterocycles. The number of hydrogen-bond donors (Lipinski definition) is 4. The molecule has 0 amide bonds. The molecule has 3 rings (SSSR count). The third-order valence-corrected chi connectivity index (χ3v) is 6.57. The second kappa shape index (κ2) is 9.30. The van der Waals surface area contributed by atoms with Gasteiger partial charge in [0.1, 0.15) is 22.8 Å². The Hall–Kier alpha value is -4.28. The van der Waals surface area contributed by atoms with E-state index in [1.54, 1.807) is 24.3 Å². The van der Waals surface area contributed by atoms with Gasteiger partial charge in [0.05, 0.1) is 10.5 Å². The van der Waals surface area contributed by atoms with Gasteiger partial charge in [0.2, 0.25) is 0 Å². The first-order valence-corrected chi connectivity index (χ1v) is 10.5. The quantitative estimate of drug-likeness (QED) is 0.198. The van der Waals surface area contributed by atoms with Crippen LogP contribution in [0.2, 0.25) is 0 Å². The van der Waals surface area contributed by atoms with Crippen molar-refractivity contribution in [1.82, 2.24) is 0 Å². The molecule has 1 aliphatic carbocycles. The Morgan fingerprint density at radius 2 is 1.38 bits per heavy atom. The molecule has 0 aromatic heterocycles. The molecule has 34 heavy (non-hydrogen) atoms. The minimum atomic E-state index is -0.642. The van der Waals surface area contributed by atoms with E-state index < -0.39 is 10.3 Å². The molecule has 0 radical (unpaired) electrons. The molecule has 178 valence electrons. The highest BCUT2D eigenvalue weighted by molar-refractivity contribution is 6.48. The number of benzene rings is 2. The fourth-order valence-corrected chi connectivity index (χ4v) is 4.80. The number of fused-ring (bicyclic) bond motifs is 3. The van der Waals surface area contributed by atoms with Crippen molar-refractivity contribution in [3.8, 4) is 11.1 Å². The standard InChI is InChI=1S/C23H25N5O6/c1-5-23(6-2)17-9-14(21(26-31)12(3)24-29)7-8-16(17)20-18(23)10-15(11-19(20)28(33)34)22(27-32)13(4)25-30/h7-11,29-32H,5-6H2,1-4H3/b24-12+,25-13+,26-21+,27-22+. The second-order valence-electron chi connectivity index (χ2n) is 7.99. The van der Waals surface area contributed by atoms with Gasteiger partial charge in [-0.25, -0.2) is 0 Å². The number of oxime groups is 4. The van der Waals surface area contributed by atoms with Gasteiger partial charge < -0.3 is 20.8 Å². The molecule has 0 bridgehead atoms. The van der Waals surface area contributed by atoms with E-state index in [4.69, 9.17) is 5.21 Å². The smallest absolute Gasteiger partial charge is 0.278 e.